The predicted octanol–water partition coefficient (Wildman–Crippen LogP) is 2.25. The normalized spacial score (nSPS) is 14.5. The van der Waals surface area contributed by atoms with Crippen LogP contribution in [0.3, 0.4) is 0 Å². The van der Waals surface area contributed by atoms with E-state index in [1.807, 2.05) is 0 Å². The average Bonchev–Trinajstić information content (AvgIpc) is 2.31. The highest BCUT2D eigenvalue weighted by atomic mass is 35.6. The summed E-state index contributed by atoms with van der Waals surface area (Å²) in [5, 5.41) is 10.6. The highest BCUT2D eigenvalue weighted by Crippen LogP contribution is 2.37. The van der Waals surface area contributed by atoms with E-state index in [4.69, 9.17) is 46.4 Å². The molecule has 0 aromatic carbocycles. The lowest BCUT2D eigenvalue weighted by Crippen LogP contribution is -2.08. The third-order valence-corrected chi connectivity index (χ3v) is 2.03. The average molecular weight is 264 g/mol. The Balaban J connectivity index is 2.64. The maximum Gasteiger partial charge on any atom is 0.192 e. The highest BCUT2D eigenvalue weighted by Gasteiger charge is 2.27. The van der Waals surface area contributed by atoms with Gasteiger partial charge in [0, 0.05) is 6.42 Å². The molecule has 0 aliphatic carbocycles. The van der Waals surface area contributed by atoms with E-state index in [0.717, 1.165) is 0 Å². The van der Waals surface area contributed by atoms with E-state index < -0.39 is 9.17 Å². The fourth-order valence-corrected chi connectivity index (χ4v) is 1.74. The fourth-order valence-electron chi connectivity index (χ4n) is 0.719. The molecule has 1 atom stereocenters. The van der Waals surface area contributed by atoms with Crippen molar-refractivity contribution in [2.45, 2.75) is 15.6 Å². The Labute approximate surface area is 95.1 Å². The van der Waals surface area contributed by atoms with E-state index in [1.54, 1.807) is 7.05 Å². The lowest BCUT2D eigenvalue weighted by Gasteiger charge is -2.12. The molecule has 74 valence electrons. The molecule has 0 saturated heterocycles. The second kappa shape index (κ2) is 4.17. The summed E-state index contributed by atoms with van der Waals surface area (Å²) in [4.78, 5) is 1.29. The molecule has 1 unspecified atom stereocenters. The minimum Gasteiger partial charge on any atom is -0.167 e. The summed E-state index contributed by atoms with van der Waals surface area (Å²) in [6.07, 6.45) is 0.144. The minimum absolute atomic E-state index is 0.144. The van der Waals surface area contributed by atoms with E-state index in [-0.39, 0.29) is 6.42 Å². The Bertz CT molecular complexity index is 280. The number of tetrazole rings is 1. The number of hydrogen-bond donors (Lipinski definition) is 0. The largest absolute Gasteiger partial charge is 0.192 e. The van der Waals surface area contributed by atoms with Crippen LogP contribution in [0.15, 0.2) is 0 Å². The van der Waals surface area contributed by atoms with Crippen LogP contribution in [0.4, 0.5) is 0 Å². The van der Waals surface area contributed by atoms with Gasteiger partial charge >= 0.3 is 0 Å². The van der Waals surface area contributed by atoms with Crippen LogP contribution in [-0.4, -0.2) is 24.0 Å². The molecular weight excluding hydrogens is 258 g/mol. The molecular formula is C5H6Cl4N4. The number of alkyl halides is 4. The minimum atomic E-state index is -1.40. The molecule has 0 fully saturated rings. The topological polar surface area (TPSA) is 43.6 Å². The Morgan fingerprint density at radius 2 is 2.08 bits per heavy atom. The van der Waals surface area contributed by atoms with Crippen LogP contribution in [-0.2, 0) is 7.05 Å². The van der Waals surface area contributed by atoms with Crippen molar-refractivity contribution in [2.75, 3.05) is 0 Å². The van der Waals surface area contributed by atoms with Crippen molar-refractivity contribution in [3.63, 3.8) is 0 Å². The molecule has 8 heteroatoms. The number of nitrogens with zero attached hydrogens (tertiary/aromatic N) is 4. The first-order valence-electron chi connectivity index (χ1n) is 3.33. The van der Waals surface area contributed by atoms with Crippen molar-refractivity contribution in [3.05, 3.63) is 5.82 Å². The molecule has 1 aromatic heterocycles. The standard InChI is InChI=1S/C5H6Cl4N4/c1-13-11-4(10-12-13)3(6)2-5(7,8)9/h3H,2H2,1H3. The molecule has 0 saturated carbocycles. The zero-order chi connectivity index (χ0) is 10.1. The number of aromatic nitrogens is 4. The predicted molar refractivity (Wildman–Crippen MR) is 52.3 cm³/mol. The van der Waals surface area contributed by atoms with Crippen molar-refractivity contribution < 1.29 is 0 Å². The lowest BCUT2D eigenvalue weighted by molar-refractivity contribution is 0.625. The third-order valence-electron chi connectivity index (χ3n) is 1.21. The zero-order valence-corrected chi connectivity index (χ0v) is 9.61. The first-order valence-corrected chi connectivity index (χ1v) is 4.90. The van der Waals surface area contributed by atoms with Crippen LogP contribution in [0, 0.1) is 0 Å². The van der Waals surface area contributed by atoms with E-state index in [0.29, 0.717) is 5.82 Å². The number of halogens is 4. The van der Waals surface area contributed by atoms with Crippen LogP contribution < -0.4 is 0 Å². The van der Waals surface area contributed by atoms with Gasteiger partial charge in [-0.15, -0.1) is 21.8 Å². The molecule has 0 amide bonds. The Morgan fingerprint density at radius 3 is 2.46 bits per heavy atom. The van der Waals surface area contributed by atoms with Gasteiger partial charge in [-0.2, -0.15) is 4.80 Å². The van der Waals surface area contributed by atoms with Crippen molar-refractivity contribution in [1.82, 2.24) is 20.2 Å². The maximum absolute atomic E-state index is 5.87. The second-order valence-corrected chi connectivity index (χ2v) is 5.47. The van der Waals surface area contributed by atoms with Gasteiger partial charge in [0.15, 0.2) is 9.62 Å². The molecule has 0 bridgehead atoms. The van der Waals surface area contributed by atoms with Gasteiger partial charge in [0.1, 0.15) is 5.38 Å². The smallest absolute Gasteiger partial charge is 0.167 e. The molecule has 1 rings (SSSR count). The lowest BCUT2D eigenvalue weighted by atomic mass is 10.3. The fraction of sp³-hybridized carbons (Fsp3) is 0.800. The summed E-state index contributed by atoms with van der Waals surface area (Å²) in [5.41, 5.74) is 0. The first kappa shape index (κ1) is 11.3. The SMILES string of the molecule is Cn1nnc(C(Cl)CC(Cl)(Cl)Cl)n1. The summed E-state index contributed by atoms with van der Waals surface area (Å²) in [6, 6.07) is 0. The van der Waals surface area contributed by atoms with Gasteiger partial charge in [-0.25, -0.2) is 0 Å². The Hall–Kier alpha value is 0.230. The Morgan fingerprint density at radius 1 is 1.46 bits per heavy atom. The van der Waals surface area contributed by atoms with Gasteiger partial charge in [0.2, 0.25) is 0 Å². The summed E-state index contributed by atoms with van der Waals surface area (Å²) in [6.45, 7) is 0. The molecule has 1 aromatic rings. The molecule has 0 radical (unpaired) electrons. The highest BCUT2D eigenvalue weighted by molar-refractivity contribution is 6.67. The van der Waals surface area contributed by atoms with Gasteiger partial charge < -0.3 is 0 Å². The number of rotatable bonds is 2. The van der Waals surface area contributed by atoms with Crippen molar-refractivity contribution in [1.29, 1.82) is 0 Å². The Kier molecular flexibility index (Phi) is 3.63. The first-order chi connectivity index (χ1) is 5.88. The summed E-state index contributed by atoms with van der Waals surface area (Å²) in [5.74, 6) is 0.357. The molecule has 0 spiro atoms. The van der Waals surface area contributed by atoms with Crippen LogP contribution in [0.2, 0.25) is 0 Å². The second-order valence-electron chi connectivity index (χ2n) is 2.42. The van der Waals surface area contributed by atoms with E-state index in [2.05, 4.69) is 15.4 Å². The molecule has 1 heterocycles. The van der Waals surface area contributed by atoms with E-state index in [9.17, 15) is 0 Å². The maximum atomic E-state index is 5.87. The van der Waals surface area contributed by atoms with E-state index in [1.165, 1.54) is 4.80 Å². The monoisotopic (exact) mass is 262 g/mol. The van der Waals surface area contributed by atoms with Crippen LogP contribution in [0.5, 0.6) is 0 Å². The van der Waals surface area contributed by atoms with Gasteiger partial charge in [-0.05, 0) is 5.21 Å². The molecule has 4 nitrogen and oxygen atoms in total. The van der Waals surface area contributed by atoms with Gasteiger partial charge in [-0.3, -0.25) is 0 Å². The number of aryl methyl sites for hydroxylation is 1. The van der Waals surface area contributed by atoms with Gasteiger partial charge in [-0.1, -0.05) is 34.8 Å². The summed E-state index contributed by atoms with van der Waals surface area (Å²) in [7, 11) is 1.63. The van der Waals surface area contributed by atoms with Gasteiger partial charge in [0.05, 0.1) is 7.05 Å². The summed E-state index contributed by atoms with van der Waals surface area (Å²) >= 11 is 22.5. The third kappa shape index (κ3) is 3.85. The van der Waals surface area contributed by atoms with Crippen molar-refractivity contribution in [3.8, 4) is 0 Å². The van der Waals surface area contributed by atoms with Crippen LogP contribution in [0.1, 0.15) is 17.6 Å². The number of hydrogen-bond acceptors (Lipinski definition) is 3. The quantitative estimate of drug-likeness (QED) is 0.769. The van der Waals surface area contributed by atoms with Crippen molar-refractivity contribution in [2.24, 2.45) is 7.05 Å². The summed E-state index contributed by atoms with van der Waals surface area (Å²) < 4.78 is -1.40. The van der Waals surface area contributed by atoms with Crippen molar-refractivity contribution >= 4 is 46.4 Å². The molecule has 0 aliphatic heterocycles. The van der Waals surface area contributed by atoms with Crippen LogP contribution >= 0.6 is 46.4 Å². The van der Waals surface area contributed by atoms with Gasteiger partial charge in [0.25, 0.3) is 0 Å². The molecule has 0 N–H and O–H groups in total. The molecule has 0 aliphatic rings. The van der Waals surface area contributed by atoms with E-state index >= 15 is 0 Å². The molecule has 13 heavy (non-hydrogen) atoms. The zero-order valence-electron chi connectivity index (χ0n) is 6.59. The van der Waals surface area contributed by atoms with Crippen LogP contribution in [0.25, 0.3) is 0 Å².